The molecule has 3 heterocycles. The molecule has 0 bridgehead atoms. The lowest BCUT2D eigenvalue weighted by molar-refractivity contribution is 0.0589. The van der Waals surface area contributed by atoms with Gasteiger partial charge in [0.25, 0.3) is 0 Å². The minimum Gasteiger partial charge on any atom is -0.507 e. The van der Waals surface area contributed by atoms with Crippen molar-refractivity contribution in [3.63, 3.8) is 0 Å². The van der Waals surface area contributed by atoms with Crippen LogP contribution in [0, 0.1) is 6.92 Å². The zero-order valence-electron chi connectivity index (χ0n) is 28.1. The fourth-order valence-corrected chi connectivity index (χ4v) is 9.15. The number of allylic oxidation sites excluding steroid dienone is 1. The SMILES string of the molecule is COC(=O)c1c(CCCO)c2c(Cl)cc(Cl)c(-c3c(CSCc4cc(CSc5cc(O)c6c(c5)CCC=C6)n(C)n4)nn(C)c3C)c2n1C. The first kappa shape index (κ1) is 35.5. The molecule has 0 radical (unpaired) electrons. The summed E-state index contributed by atoms with van der Waals surface area (Å²) in [6, 6.07) is 7.90. The Morgan fingerprint density at radius 1 is 1.02 bits per heavy atom. The van der Waals surface area contributed by atoms with E-state index in [1.807, 2.05) is 49.6 Å². The summed E-state index contributed by atoms with van der Waals surface area (Å²) in [5.41, 5.74) is 9.48. The van der Waals surface area contributed by atoms with E-state index in [9.17, 15) is 15.0 Å². The molecule has 9 nitrogen and oxygen atoms in total. The van der Waals surface area contributed by atoms with Crippen LogP contribution in [0.4, 0.5) is 0 Å². The Morgan fingerprint density at radius 3 is 2.57 bits per heavy atom. The molecule has 2 N–H and O–H groups in total. The molecular weight excluding hydrogens is 701 g/mol. The van der Waals surface area contributed by atoms with E-state index in [1.54, 1.807) is 34.2 Å². The van der Waals surface area contributed by atoms with Gasteiger partial charge in [-0.1, -0.05) is 35.4 Å². The average Bonchev–Trinajstić information content (AvgIpc) is 3.68. The van der Waals surface area contributed by atoms with Crippen molar-refractivity contribution in [3.8, 4) is 16.9 Å². The first-order valence-corrected chi connectivity index (χ1v) is 18.9. The standard InChI is InChI=1S/C36H39Cl2N5O4S2/c1-20-31(33-28(38)16-27(37)32-26(11-8-12-44)34(36(46)47-5)41(2)35(32)33)29(40-42(20)3)19-48-17-22-14-23(43(4)39-22)18-49-24-13-21-9-6-7-10-25(21)30(45)15-24/h7,10,13-16,44-45H,6,8-9,11-12,17-19H2,1-5H3. The Labute approximate surface area is 304 Å². The lowest BCUT2D eigenvalue weighted by atomic mass is 9.97. The number of aliphatic hydroxyl groups is 1. The van der Waals surface area contributed by atoms with Crippen LogP contribution in [0.15, 0.2) is 35.2 Å². The highest BCUT2D eigenvalue weighted by Crippen LogP contribution is 2.45. The third kappa shape index (κ3) is 6.88. The van der Waals surface area contributed by atoms with Crippen LogP contribution in [0.25, 0.3) is 28.1 Å². The molecule has 0 aliphatic heterocycles. The van der Waals surface area contributed by atoms with Crippen LogP contribution in [0.1, 0.15) is 62.8 Å². The average molecular weight is 741 g/mol. The molecule has 5 aromatic rings. The van der Waals surface area contributed by atoms with Crippen LogP contribution in [0.5, 0.6) is 5.75 Å². The molecule has 0 fully saturated rings. The first-order valence-electron chi connectivity index (χ1n) is 16.0. The maximum atomic E-state index is 13.0. The monoisotopic (exact) mass is 739 g/mol. The molecule has 0 atom stereocenters. The van der Waals surface area contributed by atoms with Crippen molar-refractivity contribution in [1.29, 1.82) is 0 Å². The number of halogens is 2. The highest BCUT2D eigenvalue weighted by atomic mass is 35.5. The van der Waals surface area contributed by atoms with Crippen LogP contribution in [0.2, 0.25) is 10.0 Å². The highest BCUT2D eigenvalue weighted by Gasteiger charge is 2.29. The lowest BCUT2D eigenvalue weighted by Gasteiger charge is -2.14. The number of ether oxygens (including phenoxy) is 1. The summed E-state index contributed by atoms with van der Waals surface area (Å²) in [4.78, 5) is 14.1. The number of aliphatic hydroxyl groups excluding tert-OH is 1. The quantitative estimate of drug-likeness (QED) is 0.0979. The minimum atomic E-state index is -0.477. The van der Waals surface area contributed by atoms with Crippen LogP contribution in [0.3, 0.4) is 0 Å². The van der Waals surface area contributed by atoms with Crippen LogP contribution >= 0.6 is 46.7 Å². The van der Waals surface area contributed by atoms with E-state index < -0.39 is 5.97 Å². The number of phenolic OH excluding ortho intramolecular Hbond substituents is 1. The number of methoxy groups -OCH3 is 1. The van der Waals surface area contributed by atoms with Crippen molar-refractivity contribution in [2.24, 2.45) is 21.1 Å². The number of aryl methyl sites for hydroxylation is 5. The number of phenols is 1. The summed E-state index contributed by atoms with van der Waals surface area (Å²) in [6.07, 6.45) is 6.97. The molecule has 0 saturated heterocycles. The Hall–Kier alpha value is -3.35. The summed E-state index contributed by atoms with van der Waals surface area (Å²) in [5.74, 6) is 1.88. The fraction of sp³-hybridized carbons (Fsp3) is 0.361. The molecule has 49 heavy (non-hydrogen) atoms. The van der Waals surface area contributed by atoms with Gasteiger partial charge >= 0.3 is 5.97 Å². The largest absolute Gasteiger partial charge is 0.507 e. The van der Waals surface area contributed by atoms with E-state index in [-0.39, 0.29) is 6.61 Å². The van der Waals surface area contributed by atoms with Gasteiger partial charge in [-0.05, 0) is 68.0 Å². The number of esters is 1. The summed E-state index contributed by atoms with van der Waals surface area (Å²) in [5, 5.41) is 31.4. The summed E-state index contributed by atoms with van der Waals surface area (Å²) in [7, 11) is 7.04. The Balaban J connectivity index is 1.25. The van der Waals surface area contributed by atoms with Gasteiger partial charge in [0.05, 0.1) is 34.1 Å². The third-order valence-corrected chi connectivity index (χ3v) is 11.7. The fourth-order valence-electron chi connectivity index (χ4n) is 6.64. The second-order valence-corrected chi connectivity index (χ2v) is 15.0. The van der Waals surface area contributed by atoms with Gasteiger partial charge in [-0.15, -0.1) is 23.5 Å². The van der Waals surface area contributed by atoms with E-state index in [0.29, 0.717) is 45.8 Å². The number of nitrogens with zero attached hydrogens (tertiary/aromatic N) is 5. The number of aromatic hydroxyl groups is 1. The number of carbonyl (C=O) groups is 1. The molecule has 13 heteroatoms. The number of thioether (sulfide) groups is 2. The maximum absolute atomic E-state index is 13.0. The van der Waals surface area contributed by atoms with E-state index >= 15 is 0 Å². The van der Waals surface area contributed by atoms with Gasteiger partial charge in [-0.25, -0.2) is 4.79 Å². The van der Waals surface area contributed by atoms with Gasteiger partial charge in [-0.2, -0.15) is 10.2 Å². The number of hydrogen-bond acceptors (Lipinski definition) is 8. The molecule has 6 rings (SSSR count). The summed E-state index contributed by atoms with van der Waals surface area (Å²) >= 11 is 17.2. The minimum absolute atomic E-state index is 0.0219. The van der Waals surface area contributed by atoms with Crippen molar-refractivity contribution in [3.05, 3.63) is 85.5 Å². The van der Waals surface area contributed by atoms with E-state index in [1.165, 1.54) is 12.7 Å². The smallest absolute Gasteiger partial charge is 0.354 e. The number of rotatable bonds is 12. The molecule has 2 aromatic carbocycles. The molecule has 1 aliphatic rings. The van der Waals surface area contributed by atoms with E-state index in [4.69, 9.17) is 38.1 Å². The highest BCUT2D eigenvalue weighted by molar-refractivity contribution is 7.98. The number of hydrogen-bond donors (Lipinski definition) is 2. The molecular formula is C36H39Cl2N5O4S2. The van der Waals surface area contributed by atoms with Crippen molar-refractivity contribution in [2.75, 3.05) is 13.7 Å². The van der Waals surface area contributed by atoms with Crippen LogP contribution in [-0.4, -0.2) is 54.0 Å². The summed E-state index contributed by atoms with van der Waals surface area (Å²) in [6.45, 7) is 1.98. The number of benzene rings is 2. The third-order valence-electron chi connectivity index (χ3n) is 9.07. The molecule has 0 unspecified atom stereocenters. The van der Waals surface area contributed by atoms with E-state index in [2.05, 4.69) is 18.2 Å². The molecule has 3 aromatic heterocycles. The Bertz CT molecular complexity index is 2100. The Kier molecular flexibility index (Phi) is 10.8. The van der Waals surface area contributed by atoms with Crippen molar-refractivity contribution in [1.82, 2.24) is 24.1 Å². The predicted molar refractivity (Wildman–Crippen MR) is 200 cm³/mol. The van der Waals surface area contributed by atoms with Gasteiger partial charge in [0.2, 0.25) is 0 Å². The number of carbonyl (C=O) groups excluding carboxylic acids is 1. The summed E-state index contributed by atoms with van der Waals surface area (Å²) < 4.78 is 10.7. The lowest BCUT2D eigenvalue weighted by Crippen LogP contribution is -2.10. The molecule has 1 aliphatic carbocycles. The normalized spacial score (nSPS) is 12.7. The molecule has 258 valence electrons. The van der Waals surface area contributed by atoms with Gasteiger partial charge in [0.1, 0.15) is 11.4 Å². The molecule has 0 saturated carbocycles. The van der Waals surface area contributed by atoms with Gasteiger partial charge in [0.15, 0.2) is 0 Å². The van der Waals surface area contributed by atoms with E-state index in [0.717, 1.165) is 79.4 Å². The topological polar surface area (TPSA) is 107 Å². The molecule has 0 spiro atoms. The van der Waals surface area contributed by atoms with Crippen molar-refractivity contribution >= 4 is 69.7 Å². The molecule has 0 amide bonds. The van der Waals surface area contributed by atoms with Gasteiger partial charge < -0.3 is 19.5 Å². The van der Waals surface area contributed by atoms with Crippen LogP contribution in [-0.2, 0) is 56.0 Å². The second-order valence-electron chi connectivity index (χ2n) is 12.2. The zero-order chi connectivity index (χ0) is 35.0. The van der Waals surface area contributed by atoms with Crippen molar-refractivity contribution < 1.29 is 19.7 Å². The Morgan fingerprint density at radius 2 is 1.82 bits per heavy atom. The maximum Gasteiger partial charge on any atom is 0.354 e. The zero-order valence-corrected chi connectivity index (χ0v) is 31.3. The van der Waals surface area contributed by atoms with Crippen molar-refractivity contribution in [2.45, 2.75) is 54.8 Å². The van der Waals surface area contributed by atoms with Crippen LogP contribution < -0.4 is 0 Å². The van der Waals surface area contributed by atoms with Gasteiger partial charge in [-0.3, -0.25) is 9.36 Å². The first-order chi connectivity index (χ1) is 23.5. The number of fused-ring (bicyclic) bond motifs is 2. The number of aromatic nitrogens is 5. The second kappa shape index (κ2) is 14.9. The van der Waals surface area contributed by atoms with Gasteiger partial charge in [0, 0.05) is 83.4 Å². The predicted octanol–water partition coefficient (Wildman–Crippen LogP) is 8.03.